The highest BCUT2D eigenvalue weighted by Crippen LogP contribution is 2.31. The number of anilines is 2. The fraction of sp³-hybridized carbons (Fsp3) is 0.129. The van der Waals surface area contributed by atoms with E-state index in [0.717, 1.165) is 29.1 Å². The lowest BCUT2D eigenvalue weighted by Gasteiger charge is -2.36. The smallest absolute Gasteiger partial charge is 0.270 e. The molecule has 0 aliphatic carbocycles. The normalized spacial score (nSPS) is 13.9. The van der Waals surface area contributed by atoms with E-state index in [2.05, 4.69) is 23.6 Å². The van der Waals surface area contributed by atoms with Gasteiger partial charge in [-0.15, -0.1) is 0 Å². The molecule has 37 heavy (non-hydrogen) atoms. The van der Waals surface area contributed by atoms with Crippen molar-refractivity contribution < 1.29 is 9.59 Å². The van der Waals surface area contributed by atoms with Crippen LogP contribution in [-0.4, -0.2) is 21.5 Å². The maximum absolute atomic E-state index is 13.8. The van der Waals surface area contributed by atoms with Gasteiger partial charge in [0.15, 0.2) is 5.11 Å². The summed E-state index contributed by atoms with van der Waals surface area (Å²) < 4.78 is 2.18. The maximum atomic E-state index is 13.8. The van der Waals surface area contributed by atoms with E-state index >= 15 is 0 Å². The van der Waals surface area contributed by atoms with Crippen LogP contribution in [0.25, 0.3) is 11.8 Å². The van der Waals surface area contributed by atoms with Crippen molar-refractivity contribution in [3.05, 3.63) is 119 Å². The predicted molar refractivity (Wildman–Crippen MR) is 153 cm³/mol. The first-order valence-electron chi connectivity index (χ1n) is 12.2. The molecule has 1 aliphatic heterocycles. The second-order valence-corrected chi connectivity index (χ2v) is 9.30. The van der Waals surface area contributed by atoms with E-state index < -0.39 is 11.8 Å². The maximum Gasteiger partial charge on any atom is 0.270 e. The molecule has 2 heterocycles. The summed E-state index contributed by atoms with van der Waals surface area (Å²) in [4.78, 5) is 30.5. The number of rotatable bonds is 5. The van der Waals surface area contributed by atoms with Gasteiger partial charge in [-0.3, -0.25) is 19.4 Å². The van der Waals surface area contributed by atoms with Gasteiger partial charge in [-0.2, -0.15) is 0 Å². The minimum absolute atomic E-state index is 0.0605. The molecule has 5 rings (SSSR count). The number of hydrogen-bond acceptors (Lipinski definition) is 3. The summed E-state index contributed by atoms with van der Waals surface area (Å²) in [5.41, 5.74) is 6.40. The largest absolute Gasteiger partial charge is 0.318 e. The van der Waals surface area contributed by atoms with Crippen LogP contribution in [0.2, 0.25) is 0 Å². The van der Waals surface area contributed by atoms with Crippen molar-refractivity contribution in [1.29, 1.82) is 0 Å². The summed E-state index contributed by atoms with van der Waals surface area (Å²) >= 11 is 5.71. The average molecular weight is 506 g/mol. The van der Waals surface area contributed by atoms with Crippen molar-refractivity contribution in [1.82, 2.24) is 4.57 Å². The van der Waals surface area contributed by atoms with Gasteiger partial charge >= 0.3 is 0 Å². The number of para-hydroxylation sites is 3. The second-order valence-electron chi connectivity index (χ2n) is 8.94. The Morgan fingerprint density at radius 3 is 1.81 bits per heavy atom. The first kappa shape index (κ1) is 24.4. The average Bonchev–Trinajstić information content (AvgIpc) is 3.20. The van der Waals surface area contributed by atoms with Crippen molar-refractivity contribution in [3.63, 3.8) is 0 Å². The highest BCUT2D eigenvalue weighted by Gasteiger charge is 2.41. The lowest BCUT2D eigenvalue weighted by Crippen LogP contribution is -2.56. The van der Waals surface area contributed by atoms with E-state index in [0.29, 0.717) is 11.4 Å². The Morgan fingerprint density at radius 1 is 0.757 bits per heavy atom. The van der Waals surface area contributed by atoms with Crippen LogP contribution in [0, 0.1) is 13.8 Å². The molecule has 1 aromatic heterocycles. The van der Waals surface area contributed by atoms with Gasteiger partial charge in [-0.1, -0.05) is 61.5 Å². The lowest BCUT2D eigenvalue weighted by molar-refractivity contribution is -0.120. The zero-order valence-corrected chi connectivity index (χ0v) is 21.8. The van der Waals surface area contributed by atoms with Crippen LogP contribution in [0.3, 0.4) is 0 Å². The minimum atomic E-state index is -0.438. The summed E-state index contributed by atoms with van der Waals surface area (Å²) in [6, 6.07) is 28.7. The third kappa shape index (κ3) is 4.30. The Hall–Kier alpha value is -4.29. The van der Waals surface area contributed by atoms with Gasteiger partial charge in [-0.05, 0) is 86.1 Å². The van der Waals surface area contributed by atoms with Gasteiger partial charge < -0.3 is 4.57 Å². The lowest BCUT2D eigenvalue weighted by atomic mass is 10.0. The Labute approximate surface area is 222 Å². The number of thiocarbonyl (C=S) groups is 1. The SMILES string of the molecule is CCc1ccccc1-n1c(C)cc(C=C2C(=O)N(c3ccccc3)C(=S)N(c3ccccc3)C2=O)c1C. The van der Waals surface area contributed by atoms with Crippen LogP contribution in [0.1, 0.15) is 29.4 Å². The molecule has 0 atom stereocenters. The molecule has 6 heteroatoms. The van der Waals surface area contributed by atoms with E-state index in [-0.39, 0.29) is 10.7 Å². The van der Waals surface area contributed by atoms with Crippen molar-refractivity contribution in [2.45, 2.75) is 27.2 Å². The fourth-order valence-electron chi connectivity index (χ4n) is 4.83. The molecule has 3 aromatic carbocycles. The van der Waals surface area contributed by atoms with E-state index in [1.54, 1.807) is 6.08 Å². The quantitative estimate of drug-likeness (QED) is 0.179. The molecular formula is C31H27N3O2S. The van der Waals surface area contributed by atoms with Crippen LogP contribution in [0.4, 0.5) is 11.4 Å². The zero-order chi connectivity index (χ0) is 26.1. The van der Waals surface area contributed by atoms with Gasteiger partial charge in [0.05, 0.1) is 11.4 Å². The standard InChI is InChI=1S/C31H27N3O2S/c1-4-23-13-11-12-18-28(23)32-21(2)19-24(22(32)3)20-27-29(35)33(25-14-7-5-8-15-25)31(37)34(30(27)36)26-16-9-6-10-17-26/h5-20H,4H2,1-3H3. The molecule has 0 radical (unpaired) electrons. The first-order valence-corrected chi connectivity index (χ1v) is 12.6. The van der Waals surface area contributed by atoms with Crippen LogP contribution < -0.4 is 9.80 Å². The molecule has 1 saturated heterocycles. The summed E-state index contributed by atoms with van der Waals surface area (Å²) in [5.74, 6) is -0.876. The number of carbonyl (C=O) groups excluding carboxylic acids is 2. The first-order chi connectivity index (χ1) is 17.9. The van der Waals surface area contributed by atoms with Crippen molar-refractivity contribution in [2.24, 2.45) is 0 Å². The molecule has 0 N–H and O–H groups in total. The van der Waals surface area contributed by atoms with Crippen LogP contribution in [-0.2, 0) is 16.0 Å². The minimum Gasteiger partial charge on any atom is -0.318 e. The zero-order valence-electron chi connectivity index (χ0n) is 21.0. The molecule has 0 bridgehead atoms. The number of aromatic nitrogens is 1. The second kappa shape index (κ2) is 9.99. The fourth-order valence-corrected chi connectivity index (χ4v) is 5.20. The van der Waals surface area contributed by atoms with Gasteiger partial charge in [0.1, 0.15) is 5.57 Å². The van der Waals surface area contributed by atoms with Gasteiger partial charge in [0, 0.05) is 17.1 Å². The van der Waals surface area contributed by atoms with E-state index in [9.17, 15) is 9.59 Å². The number of hydrogen-bond donors (Lipinski definition) is 0. The number of benzene rings is 3. The highest BCUT2D eigenvalue weighted by molar-refractivity contribution is 7.81. The van der Waals surface area contributed by atoms with E-state index in [1.807, 2.05) is 92.7 Å². The van der Waals surface area contributed by atoms with Crippen molar-refractivity contribution in [2.75, 3.05) is 9.80 Å². The van der Waals surface area contributed by atoms with Crippen LogP contribution >= 0.6 is 12.2 Å². The van der Waals surface area contributed by atoms with E-state index in [1.165, 1.54) is 15.4 Å². The predicted octanol–water partition coefficient (Wildman–Crippen LogP) is 6.40. The number of amides is 2. The molecular weight excluding hydrogens is 478 g/mol. The third-order valence-corrected chi connectivity index (χ3v) is 7.03. The molecule has 4 aromatic rings. The summed E-state index contributed by atoms with van der Waals surface area (Å²) in [7, 11) is 0. The van der Waals surface area contributed by atoms with E-state index in [4.69, 9.17) is 12.2 Å². The molecule has 184 valence electrons. The molecule has 0 saturated carbocycles. The molecule has 0 unspecified atom stereocenters. The Kier molecular flexibility index (Phi) is 6.59. The number of nitrogens with zero attached hydrogens (tertiary/aromatic N) is 3. The summed E-state index contributed by atoms with van der Waals surface area (Å²) in [6.45, 7) is 6.18. The third-order valence-electron chi connectivity index (χ3n) is 6.66. The highest BCUT2D eigenvalue weighted by atomic mass is 32.1. The monoisotopic (exact) mass is 505 g/mol. The Bertz CT molecular complexity index is 1470. The Balaban J connectivity index is 1.66. The number of aryl methyl sites for hydroxylation is 2. The summed E-state index contributed by atoms with van der Waals surface area (Å²) in [5, 5.41) is 0.131. The van der Waals surface area contributed by atoms with Crippen molar-refractivity contribution >= 4 is 46.6 Å². The topological polar surface area (TPSA) is 45.6 Å². The molecule has 1 fully saturated rings. The molecule has 0 spiro atoms. The van der Waals surface area contributed by atoms with Gasteiger partial charge in [0.25, 0.3) is 11.8 Å². The summed E-state index contributed by atoms with van der Waals surface area (Å²) in [6.07, 6.45) is 2.60. The molecule has 2 amide bonds. The van der Waals surface area contributed by atoms with Gasteiger partial charge in [-0.25, -0.2) is 0 Å². The number of carbonyl (C=O) groups is 2. The molecule has 5 nitrogen and oxygen atoms in total. The van der Waals surface area contributed by atoms with Crippen molar-refractivity contribution in [3.8, 4) is 5.69 Å². The van der Waals surface area contributed by atoms with Crippen LogP contribution in [0.15, 0.2) is 96.6 Å². The van der Waals surface area contributed by atoms with Gasteiger partial charge in [0.2, 0.25) is 0 Å². The molecule has 1 aliphatic rings. The van der Waals surface area contributed by atoms with Crippen LogP contribution in [0.5, 0.6) is 0 Å². The Morgan fingerprint density at radius 2 is 1.27 bits per heavy atom.